The zero-order valence-corrected chi connectivity index (χ0v) is 18.0. The van der Waals surface area contributed by atoms with Crippen molar-refractivity contribution in [2.75, 3.05) is 52.9 Å². The Hall–Kier alpha value is -2.19. The number of methoxy groups -OCH3 is 1. The summed E-state index contributed by atoms with van der Waals surface area (Å²) in [4.78, 5) is 31.1. The Balaban J connectivity index is 1.41. The highest BCUT2D eigenvalue weighted by atomic mass is 19.1. The number of halogens is 1. The number of carbonyl (C=O) groups excluding carboxylic acids is 2. The average Bonchev–Trinajstić information content (AvgIpc) is 2.75. The molecule has 1 unspecified atom stereocenters. The second kappa shape index (κ2) is 10.7. The summed E-state index contributed by atoms with van der Waals surface area (Å²) < 4.78 is 18.9. The molecule has 1 aromatic rings. The van der Waals surface area contributed by atoms with E-state index in [2.05, 4.69) is 15.1 Å². The van der Waals surface area contributed by atoms with Gasteiger partial charge in [-0.2, -0.15) is 0 Å². The Morgan fingerprint density at radius 3 is 2.40 bits per heavy atom. The number of piperazine rings is 1. The van der Waals surface area contributed by atoms with Crippen molar-refractivity contribution in [1.82, 2.24) is 20.0 Å². The number of rotatable bonds is 7. The van der Waals surface area contributed by atoms with E-state index in [4.69, 9.17) is 4.74 Å². The van der Waals surface area contributed by atoms with Crippen LogP contribution in [0.5, 0.6) is 5.75 Å². The van der Waals surface area contributed by atoms with Crippen molar-refractivity contribution >= 4 is 11.8 Å². The number of piperidine rings is 1. The number of benzene rings is 1. The fourth-order valence-corrected chi connectivity index (χ4v) is 4.16. The lowest BCUT2D eigenvalue weighted by atomic mass is 10.1. The Morgan fingerprint density at radius 2 is 1.73 bits per heavy atom. The number of hydrogen-bond donors (Lipinski definition) is 1. The molecule has 1 aromatic carbocycles. The Kier molecular flexibility index (Phi) is 8.04. The number of amides is 2. The van der Waals surface area contributed by atoms with Gasteiger partial charge in [-0.25, -0.2) is 4.39 Å². The highest BCUT2D eigenvalue weighted by Crippen LogP contribution is 2.21. The van der Waals surface area contributed by atoms with Gasteiger partial charge in [-0.05, 0) is 44.4 Å². The maximum absolute atomic E-state index is 13.6. The monoisotopic (exact) mass is 420 g/mol. The number of nitrogens with zero attached hydrogens (tertiary/aromatic N) is 3. The van der Waals surface area contributed by atoms with E-state index in [9.17, 15) is 14.0 Å². The standard InChI is InChI=1S/C22H33FN4O3/c1-17(22(29)27-8-4-3-5-9-27)24-21(28)16-26-12-10-25(11-13-26)15-18-14-19(23)6-7-20(18)30-2/h6-7,14,17H,3-5,8-13,15-16H2,1-2H3,(H,24,28). The van der Waals surface area contributed by atoms with Crippen LogP contribution in [0.2, 0.25) is 0 Å². The van der Waals surface area contributed by atoms with Gasteiger partial charge in [0.15, 0.2) is 0 Å². The van der Waals surface area contributed by atoms with Crippen LogP contribution in [0, 0.1) is 5.82 Å². The van der Waals surface area contributed by atoms with E-state index in [1.165, 1.54) is 18.6 Å². The number of likely N-dealkylation sites (tertiary alicyclic amines) is 1. The molecule has 2 heterocycles. The first-order valence-electron chi connectivity index (χ1n) is 10.8. The smallest absolute Gasteiger partial charge is 0.244 e. The molecule has 0 aromatic heterocycles. The first-order chi connectivity index (χ1) is 14.5. The summed E-state index contributed by atoms with van der Waals surface area (Å²) in [5, 5.41) is 2.85. The Bertz CT molecular complexity index is 731. The Labute approximate surface area is 178 Å². The molecular formula is C22H33FN4O3. The molecule has 0 saturated carbocycles. The van der Waals surface area contributed by atoms with Gasteiger partial charge in [0.05, 0.1) is 13.7 Å². The van der Waals surface area contributed by atoms with E-state index in [1.54, 1.807) is 20.1 Å². The molecule has 0 aliphatic carbocycles. The minimum absolute atomic E-state index is 0.0110. The van der Waals surface area contributed by atoms with Gasteiger partial charge in [-0.1, -0.05) is 0 Å². The molecule has 0 radical (unpaired) electrons. The minimum Gasteiger partial charge on any atom is -0.496 e. The van der Waals surface area contributed by atoms with E-state index in [1.807, 2.05) is 4.90 Å². The molecule has 2 fully saturated rings. The van der Waals surface area contributed by atoms with Crippen LogP contribution in [0.3, 0.4) is 0 Å². The summed E-state index contributed by atoms with van der Waals surface area (Å²) in [6.07, 6.45) is 3.25. The van der Waals surface area contributed by atoms with Crippen molar-refractivity contribution in [3.8, 4) is 5.75 Å². The van der Waals surface area contributed by atoms with Crippen molar-refractivity contribution in [1.29, 1.82) is 0 Å². The summed E-state index contributed by atoms with van der Waals surface area (Å²) in [5.74, 6) is 0.310. The molecule has 2 amide bonds. The third-order valence-electron chi connectivity index (χ3n) is 5.88. The molecule has 0 bridgehead atoms. The molecule has 2 aliphatic heterocycles. The normalized spacial score (nSPS) is 19.4. The lowest BCUT2D eigenvalue weighted by Gasteiger charge is -2.35. The third kappa shape index (κ3) is 6.15. The SMILES string of the molecule is COc1ccc(F)cc1CN1CCN(CC(=O)NC(C)C(=O)N2CCCCC2)CC1. The lowest BCUT2D eigenvalue weighted by molar-refractivity contribution is -0.137. The number of carbonyl (C=O) groups is 2. The highest BCUT2D eigenvalue weighted by Gasteiger charge is 2.25. The Morgan fingerprint density at radius 1 is 1.07 bits per heavy atom. The minimum atomic E-state index is -0.489. The fraction of sp³-hybridized carbons (Fsp3) is 0.636. The average molecular weight is 421 g/mol. The zero-order valence-electron chi connectivity index (χ0n) is 18.0. The van der Waals surface area contributed by atoms with Gasteiger partial charge in [0, 0.05) is 51.4 Å². The summed E-state index contributed by atoms with van der Waals surface area (Å²) in [5.41, 5.74) is 0.828. The first kappa shape index (κ1) is 22.5. The fourth-order valence-electron chi connectivity index (χ4n) is 4.16. The quantitative estimate of drug-likeness (QED) is 0.724. The van der Waals surface area contributed by atoms with Crippen LogP contribution in [0.4, 0.5) is 4.39 Å². The molecule has 166 valence electrons. The number of ether oxygens (including phenoxy) is 1. The number of hydrogen-bond acceptors (Lipinski definition) is 5. The van der Waals surface area contributed by atoms with E-state index in [0.717, 1.165) is 57.7 Å². The van der Waals surface area contributed by atoms with Gasteiger partial charge >= 0.3 is 0 Å². The van der Waals surface area contributed by atoms with Gasteiger partial charge in [0.2, 0.25) is 11.8 Å². The largest absolute Gasteiger partial charge is 0.496 e. The molecule has 1 atom stereocenters. The van der Waals surface area contributed by atoms with Gasteiger partial charge in [-0.15, -0.1) is 0 Å². The first-order valence-corrected chi connectivity index (χ1v) is 10.8. The molecule has 3 rings (SSSR count). The van der Waals surface area contributed by atoms with Crippen LogP contribution in [0.1, 0.15) is 31.7 Å². The molecule has 7 nitrogen and oxygen atoms in total. The van der Waals surface area contributed by atoms with Crippen molar-refractivity contribution < 1.29 is 18.7 Å². The maximum atomic E-state index is 13.6. The number of nitrogens with one attached hydrogen (secondary N) is 1. The highest BCUT2D eigenvalue weighted by molar-refractivity contribution is 5.88. The summed E-state index contributed by atoms with van der Waals surface area (Å²) in [6.45, 7) is 7.31. The second-order valence-electron chi connectivity index (χ2n) is 8.18. The van der Waals surface area contributed by atoms with Crippen LogP contribution in [0.15, 0.2) is 18.2 Å². The van der Waals surface area contributed by atoms with Gasteiger partial charge in [0.25, 0.3) is 0 Å². The predicted octanol–water partition coefficient (Wildman–Crippen LogP) is 1.47. The predicted molar refractivity (Wildman–Crippen MR) is 113 cm³/mol. The molecule has 8 heteroatoms. The molecule has 2 saturated heterocycles. The van der Waals surface area contributed by atoms with E-state index < -0.39 is 6.04 Å². The van der Waals surface area contributed by atoms with Gasteiger partial charge < -0.3 is 15.0 Å². The van der Waals surface area contributed by atoms with Crippen LogP contribution >= 0.6 is 0 Å². The van der Waals surface area contributed by atoms with Crippen molar-refractivity contribution in [2.24, 2.45) is 0 Å². The topological polar surface area (TPSA) is 65.1 Å². The van der Waals surface area contributed by atoms with Crippen molar-refractivity contribution in [3.05, 3.63) is 29.6 Å². The van der Waals surface area contributed by atoms with Crippen LogP contribution < -0.4 is 10.1 Å². The molecule has 1 N–H and O–H groups in total. The molecule has 2 aliphatic rings. The van der Waals surface area contributed by atoms with Crippen molar-refractivity contribution in [3.63, 3.8) is 0 Å². The molecule has 30 heavy (non-hydrogen) atoms. The van der Waals surface area contributed by atoms with Crippen LogP contribution in [-0.2, 0) is 16.1 Å². The lowest BCUT2D eigenvalue weighted by Crippen LogP contribution is -2.53. The van der Waals surface area contributed by atoms with Gasteiger partial charge in [-0.3, -0.25) is 19.4 Å². The summed E-state index contributed by atoms with van der Waals surface area (Å²) in [6, 6.07) is 4.07. The van der Waals surface area contributed by atoms with E-state index in [-0.39, 0.29) is 24.2 Å². The summed E-state index contributed by atoms with van der Waals surface area (Å²) >= 11 is 0. The van der Waals surface area contributed by atoms with Crippen molar-refractivity contribution in [2.45, 2.75) is 38.8 Å². The van der Waals surface area contributed by atoms with E-state index in [0.29, 0.717) is 12.3 Å². The van der Waals surface area contributed by atoms with E-state index >= 15 is 0 Å². The second-order valence-corrected chi connectivity index (χ2v) is 8.18. The molecule has 0 spiro atoms. The zero-order chi connectivity index (χ0) is 21.5. The van der Waals surface area contributed by atoms with Crippen LogP contribution in [-0.4, -0.2) is 85.5 Å². The van der Waals surface area contributed by atoms with Crippen LogP contribution in [0.25, 0.3) is 0 Å². The summed E-state index contributed by atoms with van der Waals surface area (Å²) in [7, 11) is 1.59. The molecular weight excluding hydrogens is 387 g/mol. The maximum Gasteiger partial charge on any atom is 0.244 e. The van der Waals surface area contributed by atoms with Gasteiger partial charge in [0.1, 0.15) is 17.6 Å². The third-order valence-corrected chi connectivity index (χ3v) is 5.88.